The molecule has 0 saturated heterocycles. The standard InChI is InChI=1S/C27H46O2/c1-17(2)25(29)11-6-18(3)22-9-10-23-21-8-7-19-16-20(28)12-14-26(19,4)24(21)13-15-27(22,23)5/h7,17-18,20-25,28-29H,6,8-16H2,1-5H3/t18?,20?,21-,22+,23-,24-,25+,26-,27+/m0/s1. The molecule has 4 rings (SSSR count). The maximum atomic E-state index is 10.3. The third-order valence-corrected chi connectivity index (χ3v) is 10.5. The molecule has 166 valence electrons. The second-order valence-corrected chi connectivity index (χ2v) is 12.3. The zero-order chi connectivity index (χ0) is 21.0. The van der Waals surface area contributed by atoms with Gasteiger partial charge in [0, 0.05) is 0 Å². The first kappa shape index (κ1) is 21.9. The predicted octanol–water partition coefficient (Wildman–Crippen LogP) is 6.36. The molecule has 4 aliphatic carbocycles. The van der Waals surface area contributed by atoms with Gasteiger partial charge in [-0.05, 0) is 111 Å². The first-order chi connectivity index (χ1) is 13.7. The summed E-state index contributed by atoms with van der Waals surface area (Å²) < 4.78 is 0. The highest BCUT2D eigenvalue weighted by Gasteiger charge is 2.59. The van der Waals surface area contributed by atoms with Crippen molar-refractivity contribution in [3.8, 4) is 0 Å². The Morgan fingerprint density at radius 2 is 1.76 bits per heavy atom. The van der Waals surface area contributed by atoms with Gasteiger partial charge in [-0.15, -0.1) is 0 Å². The van der Waals surface area contributed by atoms with Gasteiger partial charge in [0.2, 0.25) is 0 Å². The molecule has 29 heavy (non-hydrogen) atoms. The smallest absolute Gasteiger partial charge is 0.0577 e. The Balaban J connectivity index is 1.49. The molecule has 0 spiro atoms. The van der Waals surface area contributed by atoms with Crippen LogP contribution >= 0.6 is 0 Å². The molecule has 0 aromatic rings. The van der Waals surface area contributed by atoms with Crippen molar-refractivity contribution in [3.05, 3.63) is 11.6 Å². The molecule has 0 aliphatic heterocycles. The number of aliphatic hydroxyl groups is 2. The van der Waals surface area contributed by atoms with E-state index >= 15 is 0 Å². The number of hydrogen-bond donors (Lipinski definition) is 2. The Bertz CT molecular complexity index is 624. The molecule has 0 heterocycles. The lowest BCUT2D eigenvalue weighted by molar-refractivity contribution is -0.0579. The van der Waals surface area contributed by atoms with Crippen LogP contribution in [0, 0.1) is 46.3 Å². The van der Waals surface area contributed by atoms with E-state index in [0.29, 0.717) is 16.7 Å². The van der Waals surface area contributed by atoms with Crippen molar-refractivity contribution in [1.82, 2.24) is 0 Å². The monoisotopic (exact) mass is 402 g/mol. The number of hydrogen-bond acceptors (Lipinski definition) is 2. The van der Waals surface area contributed by atoms with E-state index in [1.165, 1.54) is 44.9 Å². The van der Waals surface area contributed by atoms with Gasteiger partial charge in [0.25, 0.3) is 0 Å². The second kappa shape index (κ2) is 7.97. The van der Waals surface area contributed by atoms with Crippen molar-refractivity contribution in [2.75, 3.05) is 0 Å². The zero-order valence-corrected chi connectivity index (χ0v) is 19.7. The lowest BCUT2D eigenvalue weighted by atomic mass is 9.47. The zero-order valence-electron chi connectivity index (χ0n) is 19.7. The summed E-state index contributed by atoms with van der Waals surface area (Å²) in [6.45, 7) is 11.9. The van der Waals surface area contributed by atoms with E-state index in [0.717, 1.165) is 48.9 Å². The highest BCUT2D eigenvalue weighted by atomic mass is 16.3. The number of fused-ring (bicyclic) bond motifs is 5. The first-order valence-corrected chi connectivity index (χ1v) is 12.7. The van der Waals surface area contributed by atoms with Gasteiger partial charge in [0.15, 0.2) is 0 Å². The van der Waals surface area contributed by atoms with E-state index in [1.54, 1.807) is 5.57 Å². The molecule has 2 unspecified atom stereocenters. The van der Waals surface area contributed by atoms with E-state index in [4.69, 9.17) is 0 Å². The second-order valence-electron chi connectivity index (χ2n) is 12.3. The minimum Gasteiger partial charge on any atom is -0.393 e. The fourth-order valence-electron chi connectivity index (χ4n) is 8.59. The van der Waals surface area contributed by atoms with Crippen LogP contribution in [-0.2, 0) is 0 Å². The minimum atomic E-state index is -0.137. The van der Waals surface area contributed by atoms with Crippen LogP contribution in [0.1, 0.15) is 98.8 Å². The summed E-state index contributed by atoms with van der Waals surface area (Å²) in [6, 6.07) is 0. The Labute approximate surface area is 179 Å². The van der Waals surface area contributed by atoms with Crippen molar-refractivity contribution >= 4 is 0 Å². The Kier molecular flexibility index (Phi) is 6.01. The summed E-state index contributed by atoms with van der Waals surface area (Å²) in [5.74, 6) is 4.51. The highest BCUT2D eigenvalue weighted by Crippen LogP contribution is 2.67. The van der Waals surface area contributed by atoms with Gasteiger partial charge in [-0.25, -0.2) is 0 Å². The average molecular weight is 403 g/mol. The van der Waals surface area contributed by atoms with Crippen molar-refractivity contribution in [3.63, 3.8) is 0 Å². The van der Waals surface area contributed by atoms with Crippen LogP contribution < -0.4 is 0 Å². The van der Waals surface area contributed by atoms with Gasteiger partial charge in [0.1, 0.15) is 0 Å². The Morgan fingerprint density at radius 3 is 2.48 bits per heavy atom. The molecule has 0 amide bonds. The van der Waals surface area contributed by atoms with E-state index in [2.05, 4.69) is 40.7 Å². The summed E-state index contributed by atoms with van der Waals surface area (Å²) in [7, 11) is 0. The van der Waals surface area contributed by atoms with Crippen LogP contribution in [0.5, 0.6) is 0 Å². The van der Waals surface area contributed by atoms with E-state index in [1.807, 2.05) is 0 Å². The van der Waals surface area contributed by atoms with E-state index < -0.39 is 0 Å². The number of rotatable bonds is 5. The summed E-state index contributed by atoms with van der Waals surface area (Å²) in [5, 5.41) is 20.5. The fourth-order valence-corrected chi connectivity index (χ4v) is 8.59. The van der Waals surface area contributed by atoms with Crippen LogP contribution in [0.3, 0.4) is 0 Å². The SMILES string of the molecule is CC(C)[C@H](O)CCC(C)[C@H]1CC[C@H]2[C@@H]3CC=C4CC(O)CC[C@]4(C)[C@H]3CC[C@]12C. The van der Waals surface area contributed by atoms with Crippen molar-refractivity contribution in [2.24, 2.45) is 46.3 Å². The molecule has 2 N–H and O–H groups in total. The largest absolute Gasteiger partial charge is 0.393 e. The number of aliphatic hydroxyl groups excluding tert-OH is 2. The fraction of sp³-hybridized carbons (Fsp3) is 0.926. The third-order valence-electron chi connectivity index (χ3n) is 10.5. The van der Waals surface area contributed by atoms with Crippen molar-refractivity contribution in [1.29, 1.82) is 0 Å². The molecule has 3 fully saturated rings. The van der Waals surface area contributed by atoms with Crippen LogP contribution in [0.25, 0.3) is 0 Å². The molecule has 2 heteroatoms. The molecular formula is C27H46O2. The predicted molar refractivity (Wildman–Crippen MR) is 120 cm³/mol. The van der Waals surface area contributed by atoms with E-state index in [9.17, 15) is 10.2 Å². The lowest BCUT2D eigenvalue weighted by Gasteiger charge is -2.58. The molecule has 2 nitrogen and oxygen atoms in total. The molecule has 0 bridgehead atoms. The number of allylic oxidation sites excluding steroid dienone is 1. The Morgan fingerprint density at radius 1 is 1.00 bits per heavy atom. The third kappa shape index (κ3) is 3.65. The average Bonchev–Trinajstić information content (AvgIpc) is 3.03. The van der Waals surface area contributed by atoms with Crippen molar-refractivity contribution in [2.45, 2.75) is 111 Å². The maximum absolute atomic E-state index is 10.3. The summed E-state index contributed by atoms with van der Waals surface area (Å²) in [6.07, 6.45) is 14.4. The van der Waals surface area contributed by atoms with E-state index in [-0.39, 0.29) is 12.2 Å². The molecule has 9 atom stereocenters. The van der Waals surface area contributed by atoms with Gasteiger partial charge in [-0.1, -0.05) is 46.3 Å². The molecule has 4 aliphatic rings. The minimum absolute atomic E-state index is 0.0994. The molecular weight excluding hydrogens is 356 g/mol. The van der Waals surface area contributed by atoms with Crippen LogP contribution in [-0.4, -0.2) is 22.4 Å². The summed E-state index contributed by atoms with van der Waals surface area (Å²) in [4.78, 5) is 0. The molecule has 0 aromatic carbocycles. The molecule has 3 saturated carbocycles. The van der Waals surface area contributed by atoms with Crippen molar-refractivity contribution < 1.29 is 10.2 Å². The van der Waals surface area contributed by atoms with Gasteiger partial charge in [-0.2, -0.15) is 0 Å². The van der Waals surface area contributed by atoms with Crippen LogP contribution in [0.15, 0.2) is 11.6 Å². The Hall–Kier alpha value is -0.340. The topological polar surface area (TPSA) is 40.5 Å². The quantitative estimate of drug-likeness (QED) is 0.525. The molecule has 0 radical (unpaired) electrons. The van der Waals surface area contributed by atoms with Gasteiger partial charge >= 0.3 is 0 Å². The van der Waals surface area contributed by atoms with Crippen LogP contribution in [0.4, 0.5) is 0 Å². The lowest BCUT2D eigenvalue weighted by Crippen LogP contribution is -2.50. The first-order valence-electron chi connectivity index (χ1n) is 12.7. The maximum Gasteiger partial charge on any atom is 0.0577 e. The highest BCUT2D eigenvalue weighted by molar-refractivity contribution is 5.25. The van der Waals surface area contributed by atoms with Gasteiger partial charge in [-0.3, -0.25) is 0 Å². The van der Waals surface area contributed by atoms with Gasteiger partial charge < -0.3 is 10.2 Å². The van der Waals surface area contributed by atoms with Gasteiger partial charge in [0.05, 0.1) is 12.2 Å². The molecule has 0 aromatic heterocycles. The summed E-state index contributed by atoms with van der Waals surface area (Å²) >= 11 is 0. The summed E-state index contributed by atoms with van der Waals surface area (Å²) in [5.41, 5.74) is 2.44. The van der Waals surface area contributed by atoms with Crippen LogP contribution in [0.2, 0.25) is 0 Å². The normalized spacial score (nSPS) is 46.5.